The molecule has 0 bridgehead atoms. The minimum atomic E-state index is -0.958. The van der Waals surface area contributed by atoms with Crippen molar-refractivity contribution in [2.75, 3.05) is 20.8 Å². The van der Waals surface area contributed by atoms with E-state index in [2.05, 4.69) is 0 Å². The van der Waals surface area contributed by atoms with Crippen molar-refractivity contribution in [3.05, 3.63) is 29.3 Å². The molecule has 0 heterocycles. The maximum absolute atomic E-state index is 11.1. The summed E-state index contributed by atoms with van der Waals surface area (Å²) in [5.74, 6) is -1.19. The molecule has 94 valence electrons. The third-order valence-corrected chi connectivity index (χ3v) is 2.51. The second kappa shape index (κ2) is 6.22. The lowest BCUT2D eigenvalue weighted by Gasteiger charge is -2.15. The van der Waals surface area contributed by atoms with Crippen LogP contribution in [0.5, 0.6) is 5.75 Å². The molecule has 1 atom stereocenters. The summed E-state index contributed by atoms with van der Waals surface area (Å²) in [4.78, 5) is 11.1. The zero-order chi connectivity index (χ0) is 12.8. The van der Waals surface area contributed by atoms with Crippen LogP contribution in [0.25, 0.3) is 0 Å². The van der Waals surface area contributed by atoms with E-state index in [1.54, 1.807) is 19.2 Å². The van der Waals surface area contributed by atoms with Gasteiger partial charge in [-0.2, -0.15) is 0 Å². The molecule has 0 amide bonds. The van der Waals surface area contributed by atoms with E-state index >= 15 is 0 Å². The molecule has 5 heteroatoms. The van der Waals surface area contributed by atoms with Gasteiger partial charge in [-0.25, -0.2) is 0 Å². The quantitative estimate of drug-likeness (QED) is 0.773. The molecule has 0 aliphatic carbocycles. The van der Waals surface area contributed by atoms with Crippen molar-refractivity contribution in [1.29, 1.82) is 0 Å². The molecule has 3 N–H and O–H groups in total. The summed E-state index contributed by atoms with van der Waals surface area (Å²) in [5.41, 5.74) is 6.96. The Labute approximate surface area is 100 Å². The third kappa shape index (κ3) is 3.18. The Morgan fingerprint density at radius 2 is 2.18 bits per heavy atom. The first kappa shape index (κ1) is 13.5. The molecule has 1 rings (SSSR count). The van der Waals surface area contributed by atoms with Gasteiger partial charge in [-0.15, -0.1) is 0 Å². The lowest BCUT2D eigenvalue weighted by Crippen LogP contribution is -2.22. The van der Waals surface area contributed by atoms with Crippen molar-refractivity contribution in [2.24, 2.45) is 5.73 Å². The van der Waals surface area contributed by atoms with Crippen molar-refractivity contribution in [1.82, 2.24) is 0 Å². The minimum Gasteiger partial charge on any atom is -0.496 e. The molecule has 0 spiro atoms. The highest BCUT2D eigenvalue weighted by atomic mass is 16.5. The number of methoxy groups -OCH3 is 2. The van der Waals surface area contributed by atoms with Crippen molar-refractivity contribution in [3.8, 4) is 5.75 Å². The molecule has 0 aliphatic rings. The first-order valence-corrected chi connectivity index (χ1v) is 5.22. The fourth-order valence-electron chi connectivity index (χ4n) is 1.67. The molecule has 17 heavy (non-hydrogen) atoms. The standard InChI is InChI=1S/C12H17NO4/c1-16-7-8-3-4-11(17-2)9(5-8)10(6-13)12(14)15/h3-5,10H,6-7,13H2,1-2H3,(H,14,15). The molecule has 0 saturated heterocycles. The molecule has 0 saturated carbocycles. The Balaban J connectivity index is 3.16. The van der Waals surface area contributed by atoms with E-state index < -0.39 is 11.9 Å². The van der Waals surface area contributed by atoms with Crippen LogP contribution < -0.4 is 10.5 Å². The second-order valence-corrected chi connectivity index (χ2v) is 3.64. The molecular formula is C12H17NO4. The molecule has 0 aliphatic heterocycles. The third-order valence-electron chi connectivity index (χ3n) is 2.51. The molecule has 0 fully saturated rings. The topological polar surface area (TPSA) is 81.8 Å². The van der Waals surface area contributed by atoms with Crippen LogP contribution >= 0.6 is 0 Å². The summed E-state index contributed by atoms with van der Waals surface area (Å²) in [6.45, 7) is 0.454. The van der Waals surface area contributed by atoms with Crippen LogP contribution in [0.4, 0.5) is 0 Å². The summed E-state index contributed by atoms with van der Waals surface area (Å²) in [6.07, 6.45) is 0. The number of nitrogens with two attached hydrogens (primary N) is 1. The van der Waals surface area contributed by atoms with Gasteiger partial charge in [0.05, 0.1) is 19.6 Å². The minimum absolute atomic E-state index is 0.0299. The zero-order valence-electron chi connectivity index (χ0n) is 9.97. The second-order valence-electron chi connectivity index (χ2n) is 3.64. The number of aliphatic carboxylic acids is 1. The highest BCUT2D eigenvalue weighted by Crippen LogP contribution is 2.27. The van der Waals surface area contributed by atoms with E-state index in [0.717, 1.165) is 5.56 Å². The van der Waals surface area contributed by atoms with E-state index in [-0.39, 0.29) is 6.54 Å². The van der Waals surface area contributed by atoms with E-state index in [1.807, 2.05) is 6.07 Å². The van der Waals surface area contributed by atoms with E-state index in [1.165, 1.54) is 7.11 Å². The highest BCUT2D eigenvalue weighted by Gasteiger charge is 2.22. The number of carbonyl (C=O) groups is 1. The van der Waals surface area contributed by atoms with Gasteiger partial charge >= 0.3 is 5.97 Å². The van der Waals surface area contributed by atoms with Crippen LogP contribution in [-0.4, -0.2) is 31.8 Å². The molecule has 1 aromatic rings. The van der Waals surface area contributed by atoms with Crippen molar-refractivity contribution >= 4 is 5.97 Å². The molecule has 1 aromatic carbocycles. The Kier molecular flexibility index (Phi) is 4.93. The van der Waals surface area contributed by atoms with Gasteiger partial charge in [-0.05, 0) is 17.7 Å². The summed E-state index contributed by atoms with van der Waals surface area (Å²) in [7, 11) is 3.09. The maximum atomic E-state index is 11.1. The van der Waals surface area contributed by atoms with Crippen LogP contribution in [0, 0.1) is 0 Å². The fraction of sp³-hybridized carbons (Fsp3) is 0.417. The Bertz CT molecular complexity index is 392. The van der Waals surface area contributed by atoms with Crippen LogP contribution in [-0.2, 0) is 16.1 Å². The maximum Gasteiger partial charge on any atom is 0.312 e. The monoisotopic (exact) mass is 239 g/mol. The van der Waals surface area contributed by atoms with Crippen LogP contribution in [0.3, 0.4) is 0 Å². The first-order valence-electron chi connectivity index (χ1n) is 5.22. The number of hydrogen-bond donors (Lipinski definition) is 2. The summed E-state index contributed by atoms with van der Waals surface area (Å²) in [5, 5.41) is 9.10. The smallest absolute Gasteiger partial charge is 0.312 e. The van der Waals surface area contributed by atoms with Crippen molar-refractivity contribution in [2.45, 2.75) is 12.5 Å². The number of hydrogen-bond acceptors (Lipinski definition) is 4. The van der Waals surface area contributed by atoms with Crippen molar-refractivity contribution < 1.29 is 19.4 Å². The van der Waals surface area contributed by atoms with Gasteiger partial charge in [-0.1, -0.05) is 6.07 Å². The Morgan fingerprint density at radius 3 is 2.65 bits per heavy atom. The number of carboxylic acid groups (broad SMARTS) is 1. The van der Waals surface area contributed by atoms with Gasteiger partial charge < -0.3 is 20.3 Å². The molecule has 0 aromatic heterocycles. The van der Waals surface area contributed by atoms with Gasteiger partial charge in [0, 0.05) is 19.2 Å². The predicted octanol–water partition coefficient (Wildman–Crippen LogP) is 0.968. The SMILES string of the molecule is COCc1ccc(OC)c(C(CN)C(=O)O)c1. The average Bonchev–Trinajstić information content (AvgIpc) is 2.30. The van der Waals surface area contributed by atoms with E-state index in [0.29, 0.717) is 17.9 Å². The zero-order valence-corrected chi connectivity index (χ0v) is 9.97. The first-order chi connectivity index (χ1) is 8.13. The van der Waals surface area contributed by atoms with Crippen LogP contribution in [0.2, 0.25) is 0 Å². The van der Waals surface area contributed by atoms with Crippen molar-refractivity contribution in [3.63, 3.8) is 0 Å². The lowest BCUT2D eigenvalue weighted by molar-refractivity contribution is -0.138. The number of ether oxygens (including phenoxy) is 2. The van der Waals surface area contributed by atoms with E-state index in [4.69, 9.17) is 20.3 Å². The number of benzene rings is 1. The van der Waals surface area contributed by atoms with Gasteiger partial charge in [0.1, 0.15) is 5.75 Å². The average molecular weight is 239 g/mol. The largest absolute Gasteiger partial charge is 0.496 e. The van der Waals surface area contributed by atoms with Gasteiger partial charge in [0.25, 0.3) is 0 Å². The summed E-state index contributed by atoms with van der Waals surface area (Å²) >= 11 is 0. The predicted molar refractivity (Wildman–Crippen MR) is 63.1 cm³/mol. The van der Waals surface area contributed by atoms with Gasteiger partial charge in [0.2, 0.25) is 0 Å². The molecule has 0 radical (unpaired) electrons. The van der Waals surface area contributed by atoms with Gasteiger partial charge in [0.15, 0.2) is 0 Å². The highest BCUT2D eigenvalue weighted by molar-refractivity contribution is 5.77. The van der Waals surface area contributed by atoms with Gasteiger partial charge in [-0.3, -0.25) is 4.79 Å². The lowest BCUT2D eigenvalue weighted by atomic mass is 9.96. The molecule has 5 nitrogen and oxygen atoms in total. The Hall–Kier alpha value is -1.59. The summed E-state index contributed by atoms with van der Waals surface area (Å²) < 4.78 is 10.2. The fourth-order valence-corrected chi connectivity index (χ4v) is 1.67. The summed E-state index contributed by atoms with van der Waals surface area (Å²) in [6, 6.07) is 5.32. The molecule has 1 unspecified atom stereocenters. The normalized spacial score (nSPS) is 12.2. The molecular weight excluding hydrogens is 222 g/mol. The van der Waals surface area contributed by atoms with Crippen LogP contribution in [0.1, 0.15) is 17.0 Å². The van der Waals surface area contributed by atoms with Crippen LogP contribution in [0.15, 0.2) is 18.2 Å². The number of rotatable bonds is 6. The van der Waals surface area contributed by atoms with E-state index in [9.17, 15) is 4.79 Å². The Morgan fingerprint density at radius 1 is 1.47 bits per heavy atom. The number of carboxylic acids is 1.